The van der Waals surface area contributed by atoms with Gasteiger partial charge in [-0.15, -0.1) is 10.2 Å². The van der Waals surface area contributed by atoms with Crippen molar-refractivity contribution in [3.63, 3.8) is 0 Å². The number of carbonyl (C=O) groups is 1. The number of nitrogens with zero attached hydrogens (tertiary/aromatic N) is 3. The highest BCUT2D eigenvalue weighted by Gasteiger charge is 2.26. The molecule has 0 aliphatic rings. The summed E-state index contributed by atoms with van der Waals surface area (Å²) in [5, 5.41) is 8.19. The van der Waals surface area contributed by atoms with Gasteiger partial charge in [0.1, 0.15) is 12.7 Å². The van der Waals surface area contributed by atoms with Crippen LogP contribution < -0.4 is 0 Å². The Balaban J connectivity index is 2.47. The molecule has 2 rings (SSSR count). The first-order chi connectivity index (χ1) is 9.38. The molecular weight excluding hydrogens is 274 g/mol. The van der Waals surface area contributed by atoms with Gasteiger partial charge in [0.2, 0.25) is 0 Å². The summed E-state index contributed by atoms with van der Waals surface area (Å²) in [4.78, 5) is 12.6. The zero-order valence-corrected chi connectivity index (χ0v) is 12.4. The molecular formula is C15H16ClN3O. The molecule has 104 valence electrons. The minimum Gasteiger partial charge on any atom is -0.292 e. The molecule has 20 heavy (non-hydrogen) atoms. The number of rotatable bonds is 3. The van der Waals surface area contributed by atoms with Gasteiger partial charge in [-0.05, 0) is 23.8 Å². The van der Waals surface area contributed by atoms with E-state index in [1.54, 1.807) is 16.7 Å². The lowest BCUT2D eigenvalue weighted by atomic mass is 9.88. The fourth-order valence-corrected chi connectivity index (χ4v) is 1.81. The Bertz CT molecular complexity index is 622. The second-order valence-corrected chi connectivity index (χ2v) is 5.97. The van der Waals surface area contributed by atoms with Gasteiger partial charge in [-0.2, -0.15) is 0 Å². The maximum absolute atomic E-state index is 12.6. The van der Waals surface area contributed by atoms with Crippen LogP contribution in [0, 0.1) is 5.41 Å². The van der Waals surface area contributed by atoms with E-state index in [-0.39, 0.29) is 5.78 Å². The van der Waals surface area contributed by atoms with Crippen LogP contribution in [0.1, 0.15) is 26.3 Å². The van der Waals surface area contributed by atoms with Gasteiger partial charge < -0.3 is 0 Å². The molecule has 4 nitrogen and oxygen atoms in total. The van der Waals surface area contributed by atoms with E-state index in [0.717, 1.165) is 5.56 Å². The van der Waals surface area contributed by atoms with E-state index in [4.69, 9.17) is 11.6 Å². The van der Waals surface area contributed by atoms with Gasteiger partial charge in [0.15, 0.2) is 5.78 Å². The Morgan fingerprint density at radius 2 is 1.70 bits per heavy atom. The second-order valence-electron chi connectivity index (χ2n) is 5.53. The van der Waals surface area contributed by atoms with Crippen molar-refractivity contribution < 1.29 is 4.79 Å². The summed E-state index contributed by atoms with van der Waals surface area (Å²) in [7, 11) is 0. The van der Waals surface area contributed by atoms with Crippen molar-refractivity contribution in [2.45, 2.75) is 20.8 Å². The molecule has 2 aromatic rings. The standard InChI is InChI=1S/C15H16ClN3O/c1-15(2,3)14(20)13(19-9-17-18-10-19)8-11-4-6-12(16)7-5-11/h4-10H,1-3H3. The van der Waals surface area contributed by atoms with Crippen LogP contribution in [0.25, 0.3) is 11.8 Å². The van der Waals surface area contributed by atoms with E-state index in [0.29, 0.717) is 10.7 Å². The second kappa shape index (κ2) is 5.59. The van der Waals surface area contributed by atoms with E-state index in [1.165, 1.54) is 12.7 Å². The molecule has 1 aromatic carbocycles. The molecule has 0 spiro atoms. The Kier molecular flexibility index (Phi) is 4.04. The lowest BCUT2D eigenvalue weighted by Gasteiger charge is -2.19. The van der Waals surface area contributed by atoms with Crippen LogP contribution in [-0.2, 0) is 4.79 Å². The molecule has 0 aliphatic heterocycles. The summed E-state index contributed by atoms with van der Waals surface area (Å²) in [6.45, 7) is 5.65. The first-order valence-electron chi connectivity index (χ1n) is 6.25. The molecule has 1 heterocycles. The summed E-state index contributed by atoms with van der Waals surface area (Å²) in [6, 6.07) is 7.31. The van der Waals surface area contributed by atoms with E-state index < -0.39 is 5.41 Å². The number of ketones is 1. The third-order valence-electron chi connectivity index (χ3n) is 2.78. The first kappa shape index (κ1) is 14.5. The minimum absolute atomic E-state index is 0.0206. The van der Waals surface area contributed by atoms with Gasteiger partial charge >= 0.3 is 0 Å². The summed E-state index contributed by atoms with van der Waals surface area (Å²) < 4.78 is 1.63. The Labute approximate surface area is 123 Å². The van der Waals surface area contributed by atoms with Crippen molar-refractivity contribution in [2.75, 3.05) is 0 Å². The number of aromatic nitrogens is 3. The third-order valence-corrected chi connectivity index (χ3v) is 3.04. The number of hydrogen-bond donors (Lipinski definition) is 0. The Morgan fingerprint density at radius 1 is 1.15 bits per heavy atom. The summed E-state index contributed by atoms with van der Waals surface area (Å²) in [5.74, 6) is 0.0206. The molecule has 1 aromatic heterocycles. The van der Waals surface area contributed by atoms with Crippen molar-refractivity contribution in [1.82, 2.24) is 14.8 Å². The molecule has 0 bridgehead atoms. The number of carbonyl (C=O) groups excluding carboxylic acids is 1. The summed E-state index contributed by atoms with van der Waals surface area (Å²) >= 11 is 5.87. The molecule has 0 radical (unpaired) electrons. The highest BCUT2D eigenvalue weighted by Crippen LogP contribution is 2.24. The van der Waals surface area contributed by atoms with Crippen LogP contribution in [0.2, 0.25) is 5.02 Å². The van der Waals surface area contributed by atoms with Crippen molar-refractivity contribution >= 4 is 29.2 Å². The number of allylic oxidation sites excluding steroid dienone is 1. The first-order valence-corrected chi connectivity index (χ1v) is 6.63. The normalized spacial score (nSPS) is 12.5. The fourth-order valence-electron chi connectivity index (χ4n) is 1.68. The van der Waals surface area contributed by atoms with E-state index >= 15 is 0 Å². The molecule has 0 unspecified atom stereocenters. The average Bonchev–Trinajstić information content (AvgIpc) is 2.90. The molecule has 0 saturated carbocycles. The highest BCUT2D eigenvalue weighted by atomic mass is 35.5. The Morgan fingerprint density at radius 3 is 2.20 bits per heavy atom. The number of Topliss-reactive ketones (excluding diaryl/α,β-unsaturated/α-hetero) is 1. The number of halogens is 1. The van der Waals surface area contributed by atoms with Gasteiger partial charge in [0.05, 0.1) is 5.70 Å². The zero-order valence-electron chi connectivity index (χ0n) is 11.7. The van der Waals surface area contributed by atoms with E-state index in [2.05, 4.69) is 10.2 Å². The smallest absolute Gasteiger partial charge is 0.184 e. The molecule has 0 aliphatic carbocycles. The zero-order chi connectivity index (χ0) is 14.8. The fraction of sp³-hybridized carbons (Fsp3) is 0.267. The van der Waals surface area contributed by atoms with Crippen LogP contribution in [0.5, 0.6) is 0 Å². The maximum Gasteiger partial charge on any atom is 0.184 e. The van der Waals surface area contributed by atoms with Crippen molar-refractivity contribution in [3.8, 4) is 0 Å². The largest absolute Gasteiger partial charge is 0.292 e. The van der Waals surface area contributed by atoms with Gasteiger partial charge in [-0.25, -0.2) is 0 Å². The predicted molar refractivity (Wildman–Crippen MR) is 80.1 cm³/mol. The van der Waals surface area contributed by atoms with Crippen LogP contribution in [0.4, 0.5) is 0 Å². The van der Waals surface area contributed by atoms with E-state index in [1.807, 2.05) is 39.0 Å². The minimum atomic E-state index is -0.484. The highest BCUT2D eigenvalue weighted by molar-refractivity contribution is 6.30. The van der Waals surface area contributed by atoms with E-state index in [9.17, 15) is 4.79 Å². The van der Waals surface area contributed by atoms with Crippen molar-refractivity contribution in [1.29, 1.82) is 0 Å². The van der Waals surface area contributed by atoms with Crippen LogP contribution in [-0.4, -0.2) is 20.5 Å². The van der Waals surface area contributed by atoms with Gasteiger partial charge in [0.25, 0.3) is 0 Å². The third kappa shape index (κ3) is 3.33. The summed E-state index contributed by atoms with van der Waals surface area (Å²) in [6.07, 6.45) is 4.85. The van der Waals surface area contributed by atoms with Crippen LogP contribution >= 0.6 is 11.6 Å². The average molecular weight is 290 g/mol. The molecule has 0 fully saturated rings. The molecule has 0 amide bonds. The van der Waals surface area contributed by atoms with Gasteiger partial charge in [-0.1, -0.05) is 44.5 Å². The molecule has 0 saturated heterocycles. The van der Waals surface area contributed by atoms with Gasteiger partial charge in [0, 0.05) is 10.4 Å². The van der Waals surface area contributed by atoms with Crippen molar-refractivity contribution in [2.24, 2.45) is 5.41 Å². The van der Waals surface area contributed by atoms with Crippen molar-refractivity contribution in [3.05, 3.63) is 47.5 Å². The van der Waals surface area contributed by atoms with Crippen LogP contribution in [0.15, 0.2) is 36.9 Å². The number of hydrogen-bond acceptors (Lipinski definition) is 3. The lowest BCUT2D eigenvalue weighted by Crippen LogP contribution is -2.23. The number of benzene rings is 1. The molecule has 0 atom stereocenters. The summed E-state index contributed by atoms with van der Waals surface area (Å²) in [5.41, 5.74) is 0.947. The van der Waals surface area contributed by atoms with Gasteiger partial charge in [-0.3, -0.25) is 9.36 Å². The quantitative estimate of drug-likeness (QED) is 0.812. The predicted octanol–water partition coefficient (Wildman–Crippen LogP) is 3.54. The SMILES string of the molecule is CC(C)(C)C(=O)C(=Cc1ccc(Cl)cc1)n1cnnc1. The maximum atomic E-state index is 12.6. The molecule has 0 N–H and O–H groups in total. The Hall–Kier alpha value is -1.94. The monoisotopic (exact) mass is 289 g/mol. The molecule has 5 heteroatoms. The van der Waals surface area contributed by atoms with Crippen LogP contribution in [0.3, 0.4) is 0 Å². The topological polar surface area (TPSA) is 47.8 Å². The lowest BCUT2D eigenvalue weighted by molar-refractivity contribution is -0.120.